The number of aromatic nitrogens is 2. The maximum absolute atomic E-state index is 11.8. The van der Waals surface area contributed by atoms with E-state index in [4.69, 9.17) is 4.74 Å². The van der Waals surface area contributed by atoms with Gasteiger partial charge in [0.25, 0.3) is 0 Å². The number of amides is 1. The van der Waals surface area contributed by atoms with Crippen molar-refractivity contribution in [3.8, 4) is 6.01 Å². The van der Waals surface area contributed by atoms with Crippen LogP contribution in [0.25, 0.3) is 0 Å². The van der Waals surface area contributed by atoms with Gasteiger partial charge in [-0.3, -0.25) is 14.3 Å². The fraction of sp³-hybridized carbons (Fsp3) is 0.667. The van der Waals surface area contributed by atoms with Gasteiger partial charge in [0.15, 0.2) is 0 Å². The summed E-state index contributed by atoms with van der Waals surface area (Å²) in [6, 6.07) is 0.621. The van der Waals surface area contributed by atoms with Crippen LogP contribution >= 0.6 is 0 Å². The lowest BCUT2D eigenvalue weighted by Gasteiger charge is -2.23. The predicted octanol–water partition coefficient (Wildman–Crippen LogP) is -0.236. The van der Waals surface area contributed by atoms with E-state index in [0.717, 1.165) is 12.8 Å². The molecule has 21 heavy (non-hydrogen) atoms. The van der Waals surface area contributed by atoms with Crippen LogP contribution in [0.15, 0.2) is 6.20 Å². The van der Waals surface area contributed by atoms with Crippen LogP contribution in [-0.2, 0) is 11.3 Å². The molecule has 1 saturated carbocycles. The Bertz CT molecular complexity index is 554. The summed E-state index contributed by atoms with van der Waals surface area (Å²) in [4.78, 5) is 27.8. The number of imidazole rings is 1. The number of nitrogens with one attached hydrogen (secondary N) is 1. The molecule has 1 aromatic heterocycles. The van der Waals surface area contributed by atoms with Crippen molar-refractivity contribution in [2.75, 3.05) is 26.2 Å². The zero-order valence-corrected chi connectivity index (χ0v) is 11.5. The average molecular weight is 295 g/mol. The highest BCUT2D eigenvalue weighted by Crippen LogP contribution is 2.19. The monoisotopic (exact) mass is 295 g/mol. The van der Waals surface area contributed by atoms with Crippen LogP contribution in [0.5, 0.6) is 6.01 Å². The highest BCUT2D eigenvalue weighted by Gasteiger charge is 2.26. The van der Waals surface area contributed by atoms with Gasteiger partial charge in [-0.1, -0.05) is 0 Å². The zero-order chi connectivity index (χ0) is 14.8. The highest BCUT2D eigenvalue weighted by molar-refractivity contribution is 5.78. The van der Waals surface area contributed by atoms with Gasteiger partial charge in [0, 0.05) is 30.7 Å². The van der Waals surface area contributed by atoms with E-state index < -0.39 is 4.92 Å². The molecule has 0 bridgehead atoms. The summed E-state index contributed by atoms with van der Waals surface area (Å²) in [7, 11) is 0. The summed E-state index contributed by atoms with van der Waals surface area (Å²) < 4.78 is 7.05. The molecule has 2 heterocycles. The molecule has 1 aliphatic carbocycles. The molecule has 0 atom stereocenters. The molecule has 114 valence electrons. The van der Waals surface area contributed by atoms with E-state index in [1.807, 2.05) is 4.90 Å². The molecule has 0 spiro atoms. The standard InChI is InChI=1S/C12H17N5O4/c18-11(13-9-1-2-9)8-15-3-4-16-7-10(17(19)20)14-12(16)21-6-5-15/h7,9H,1-6,8H2,(H,13,18). The topological polar surface area (TPSA) is 103 Å². The molecule has 0 unspecified atom stereocenters. The van der Waals surface area contributed by atoms with Gasteiger partial charge in [0.2, 0.25) is 5.91 Å². The molecule has 0 radical (unpaired) electrons. The molecular weight excluding hydrogens is 278 g/mol. The van der Waals surface area contributed by atoms with Gasteiger partial charge in [-0.15, -0.1) is 0 Å². The Labute approximate surface area is 121 Å². The zero-order valence-electron chi connectivity index (χ0n) is 11.5. The van der Waals surface area contributed by atoms with Crippen LogP contribution in [0.3, 0.4) is 0 Å². The van der Waals surface area contributed by atoms with Crippen LogP contribution in [0.1, 0.15) is 12.8 Å². The van der Waals surface area contributed by atoms with Gasteiger partial charge in [0.1, 0.15) is 12.8 Å². The summed E-state index contributed by atoms with van der Waals surface area (Å²) in [6.45, 7) is 2.41. The second kappa shape index (κ2) is 5.68. The molecule has 9 nitrogen and oxygen atoms in total. The molecule has 9 heteroatoms. The molecule has 1 aliphatic heterocycles. The van der Waals surface area contributed by atoms with E-state index in [-0.39, 0.29) is 17.7 Å². The molecule has 1 amide bonds. The van der Waals surface area contributed by atoms with E-state index in [2.05, 4.69) is 10.3 Å². The molecule has 3 rings (SSSR count). The Hall–Kier alpha value is -2.16. The fourth-order valence-electron chi connectivity index (χ4n) is 2.24. The van der Waals surface area contributed by atoms with Crippen LogP contribution in [0.2, 0.25) is 0 Å². The third-order valence-electron chi connectivity index (χ3n) is 3.52. The first-order chi connectivity index (χ1) is 10.1. The first-order valence-corrected chi connectivity index (χ1v) is 6.98. The van der Waals surface area contributed by atoms with Crippen molar-refractivity contribution in [1.82, 2.24) is 19.8 Å². The van der Waals surface area contributed by atoms with Crippen LogP contribution in [-0.4, -0.2) is 57.6 Å². The van der Waals surface area contributed by atoms with E-state index in [1.54, 1.807) is 4.57 Å². The lowest BCUT2D eigenvalue weighted by atomic mass is 10.4. The Balaban J connectivity index is 1.59. The third kappa shape index (κ3) is 3.48. The second-order valence-corrected chi connectivity index (χ2v) is 5.30. The Kier molecular flexibility index (Phi) is 3.74. The summed E-state index contributed by atoms with van der Waals surface area (Å²) >= 11 is 0. The van der Waals surface area contributed by atoms with Crippen molar-refractivity contribution in [2.45, 2.75) is 25.4 Å². The number of nitrogens with zero attached hydrogens (tertiary/aromatic N) is 4. The highest BCUT2D eigenvalue weighted by atomic mass is 16.6. The number of carbonyl (C=O) groups excluding carboxylic acids is 1. The molecule has 2 aliphatic rings. The smallest absolute Gasteiger partial charge is 0.414 e. The maximum atomic E-state index is 11.8. The van der Waals surface area contributed by atoms with Gasteiger partial charge in [-0.25, -0.2) is 0 Å². The molecule has 1 N–H and O–H groups in total. The molecule has 0 saturated heterocycles. The minimum atomic E-state index is -0.540. The van der Waals surface area contributed by atoms with Gasteiger partial charge >= 0.3 is 11.8 Å². The lowest BCUT2D eigenvalue weighted by molar-refractivity contribution is -0.389. The Morgan fingerprint density at radius 1 is 1.48 bits per heavy atom. The summed E-state index contributed by atoms with van der Waals surface area (Å²) in [5.41, 5.74) is 0. The van der Waals surface area contributed by atoms with Crippen molar-refractivity contribution in [1.29, 1.82) is 0 Å². The van der Waals surface area contributed by atoms with Crippen LogP contribution < -0.4 is 10.1 Å². The fourth-order valence-corrected chi connectivity index (χ4v) is 2.24. The van der Waals surface area contributed by atoms with Gasteiger partial charge in [-0.2, -0.15) is 0 Å². The summed E-state index contributed by atoms with van der Waals surface area (Å²) in [6.07, 6.45) is 3.50. The van der Waals surface area contributed by atoms with E-state index in [9.17, 15) is 14.9 Å². The van der Waals surface area contributed by atoms with E-state index in [1.165, 1.54) is 6.20 Å². The summed E-state index contributed by atoms with van der Waals surface area (Å²) in [5.74, 6) is -0.195. The minimum absolute atomic E-state index is 0.0231. The normalized spacial score (nSPS) is 19.0. The van der Waals surface area contributed by atoms with Crippen molar-refractivity contribution in [2.24, 2.45) is 0 Å². The Morgan fingerprint density at radius 2 is 2.29 bits per heavy atom. The quantitative estimate of drug-likeness (QED) is 0.607. The van der Waals surface area contributed by atoms with Gasteiger partial charge in [-0.05, 0) is 17.8 Å². The van der Waals surface area contributed by atoms with Crippen molar-refractivity contribution in [3.05, 3.63) is 16.3 Å². The molecule has 1 aromatic rings. The minimum Gasteiger partial charge on any atom is -0.444 e. The number of ether oxygens (including phenoxy) is 1. The lowest BCUT2D eigenvalue weighted by Crippen LogP contribution is -2.42. The number of nitro groups is 1. The number of rotatable bonds is 4. The van der Waals surface area contributed by atoms with Gasteiger partial charge in [0.05, 0.1) is 6.54 Å². The average Bonchev–Trinajstić information content (AvgIpc) is 3.12. The second-order valence-electron chi connectivity index (χ2n) is 5.30. The number of hydrogen-bond donors (Lipinski definition) is 1. The van der Waals surface area contributed by atoms with Crippen molar-refractivity contribution < 1.29 is 14.5 Å². The van der Waals surface area contributed by atoms with Crippen molar-refractivity contribution in [3.63, 3.8) is 0 Å². The van der Waals surface area contributed by atoms with Crippen LogP contribution in [0.4, 0.5) is 5.82 Å². The SMILES string of the molecule is O=C(CN1CCOc2nc([N+](=O)[O-])cn2CC1)NC1CC1. The third-order valence-corrected chi connectivity index (χ3v) is 3.52. The predicted molar refractivity (Wildman–Crippen MR) is 72.0 cm³/mol. The maximum Gasteiger partial charge on any atom is 0.414 e. The molecule has 0 aromatic carbocycles. The summed E-state index contributed by atoms with van der Waals surface area (Å²) in [5, 5.41) is 13.7. The largest absolute Gasteiger partial charge is 0.444 e. The molecular formula is C12H17N5O4. The van der Waals surface area contributed by atoms with Crippen LogP contribution in [0, 0.1) is 10.1 Å². The molecule has 1 fully saturated rings. The first kappa shape index (κ1) is 13.8. The number of fused-ring (bicyclic) bond motifs is 1. The number of carbonyl (C=O) groups is 1. The van der Waals surface area contributed by atoms with Gasteiger partial charge < -0.3 is 20.2 Å². The van der Waals surface area contributed by atoms with E-state index in [0.29, 0.717) is 38.8 Å². The number of hydrogen-bond acceptors (Lipinski definition) is 6. The van der Waals surface area contributed by atoms with E-state index >= 15 is 0 Å². The first-order valence-electron chi connectivity index (χ1n) is 6.98. The van der Waals surface area contributed by atoms with Crippen molar-refractivity contribution >= 4 is 11.7 Å². The Morgan fingerprint density at radius 3 is 3.00 bits per heavy atom.